The van der Waals surface area contributed by atoms with E-state index in [1.54, 1.807) is 17.8 Å². The molecule has 0 radical (unpaired) electrons. The molecule has 1 aliphatic carbocycles. The zero-order valence-corrected chi connectivity index (χ0v) is 15.2. The molecule has 0 N–H and O–H groups in total. The molecule has 2 aliphatic rings. The zero-order chi connectivity index (χ0) is 16.6. The van der Waals surface area contributed by atoms with E-state index in [2.05, 4.69) is 6.92 Å². The third-order valence-electron chi connectivity index (χ3n) is 4.20. The van der Waals surface area contributed by atoms with Crippen LogP contribution in [0.25, 0.3) is 0 Å². The van der Waals surface area contributed by atoms with E-state index in [1.165, 1.54) is 0 Å². The van der Waals surface area contributed by atoms with Crippen molar-refractivity contribution in [3.05, 3.63) is 28.3 Å². The molecule has 3 nitrogen and oxygen atoms in total. The average molecular weight is 369 g/mol. The standard InChI is InChI=1S/C17H17ClO3S2/c1-2-22-14-8-10-13(23-14)7-6-9(16(10)18)17(21)15-11(19)4-3-5-12(15)20/h6-7,14-15H,2-5,8H2,1H3. The second-order valence-corrected chi connectivity index (χ2v) is 9.09. The number of fused-ring (bicyclic) bond motifs is 1. The molecule has 122 valence electrons. The molecule has 1 saturated carbocycles. The highest BCUT2D eigenvalue weighted by Gasteiger charge is 2.38. The molecule has 3 rings (SSSR count). The van der Waals surface area contributed by atoms with Gasteiger partial charge in [0, 0.05) is 23.3 Å². The van der Waals surface area contributed by atoms with E-state index in [9.17, 15) is 14.4 Å². The van der Waals surface area contributed by atoms with Crippen LogP contribution in [0.2, 0.25) is 5.02 Å². The number of thioether (sulfide) groups is 2. The van der Waals surface area contributed by atoms with E-state index >= 15 is 0 Å². The number of hydrogen-bond donors (Lipinski definition) is 0. The summed E-state index contributed by atoms with van der Waals surface area (Å²) in [4.78, 5) is 37.8. The Morgan fingerprint density at radius 1 is 1.30 bits per heavy atom. The van der Waals surface area contributed by atoms with Crippen molar-refractivity contribution in [2.45, 2.75) is 42.1 Å². The van der Waals surface area contributed by atoms with Crippen molar-refractivity contribution in [1.82, 2.24) is 0 Å². The van der Waals surface area contributed by atoms with Crippen LogP contribution in [0, 0.1) is 5.92 Å². The molecule has 0 spiro atoms. The van der Waals surface area contributed by atoms with Crippen molar-refractivity contribution in [3.8, 4) is 0 Å². The maximum atomic E-state index is 12.7. The fourth-order valence-electron chi connectivity index (χ4n) is 3.08. The van der Waals surface area contributed by atoms with Crippen LogP contribution in [0.1, 0.15) is 42.1 Å². The minimum Gasteiger partial charge on any atom is -0.298 e. The van der Waals surface area contributed by atoms with Crippen LogP contribution in [0.5, 0.6) is 0 Å². The van der Waals surface area contributed by atoms with Gasteiger partial charge in [0.05, 0.1) is 9.60 Å². The van der Waals surface area contributed by atoms with Crippen LogP contribution < -0.4 is 0 Å². The minimum absolute atomic E-state index is 0.267. The van der Waals surface area contributed by atoms with Crippen molar-refractivity contribution in [2.75, 3.05) is 5.75 Å². The topological polar surface area (TPSA) is 51.2 Å². The van der Waals surface area contributed by atoms with Crippen molar-refractivity contribution >= 4 is 52.5 Å². The summed E-state index contributed by atoms with van der Waals surface area (Å²) in [5.74, 6) is -1.08. The molecule has 6 heteroatoms. The van der Waals surface area contributed by atoms with E-state index in [-0.39, 0.29) is 11.6 Å². The lowest BCUT2D eigenvalue weighted by atomic mass is 9.81. The summed E-state index contributed by atoms with van der Waals surface area (Å²) < 4.78 is 0.413. The summed E-state index contributed by atoms with van der Waals surface area (Å²) in [6.45, 7) is 2.12. The normalized spacial score (nSPS) is 21.6. The summed E-state index contributed by atoms with van der Waals surface area (Å²) in [6.07, 6.45) is 1.96. The molecule has 0 amide bonds. The first-order valence-electron chi connectivity index (χ1n) is 7.72. The number of carbonyl (C=O) groups excluding carboxylic acids is 3. The molecule has 1 atom stereocenters. The molecular weight excluding hydrogens is 352 g/mol. The minimum atomic E-state index is -1.14. The molecule has 23 heavy (non-hydrogen) atoms. The van der Waals surface area contributed by atoms with E-state index < -0.39 is 11.7 Å². The number of rotatable bonds is 4. The molecule has 1 aliphatic heterocycles. The first-order chi connectivity index (χ1) is 11.0. The second kappa shape index (κ2) is 6.99. The molecule has 1 aromatic rings. The maximum Gasteiger partial charge on any atom is 0.182 e. The summed E-state index contributed by atoms with van der Waals surface area (Å²) in [6, 6.07) is 3.57. The maximum absolute atomic E-state index is 12.7. The van der Waals surface area contributed by atoms with Gasteiger partial charge in [-0.3, -0.25) is 14.4 Å². The van der Waals surface area contributed by atoms with Crippen LogP contribution in [-0.4, -0.2) is 27.7 Å². The quantitative estimate of drug-likeness (QED) is 0.589. The monoisotopic (exact) mass is 368 g/mol. The van der Waals surface area contributed by atoms with Crippen LogP contribution in [0.15, 0.2) is 17.0 Å². The van der Waals surface area contributed by atoms with Gasteiger partial charge in [-0.1, -0.05) is 18.5 Å². The van der Waals surface area contributed by atoms with Gasteiger partial charge in [0.15, 0.2) is 17.3 Å². The summed E-state index contributed by atoms with van der Waals surface area (Å²) >= 11 is 10.1. The number of hydrogen-bond acceptors (Lipinski definition) is 5. The number of benzene rings is 1. The van der Waals surface area contributed by atoms with Crippen molar-refractivity contribution in [2.24, 2.45) is 5.92 Å². The van der Waals surface area contributed by atoms with Crippen LogP contribution >= 0.6 is 35.1 Å². The Hall–Kier alpha value is -0.780. The fourth-order valence-corrected chi connectivity index (χ4v) is 6.12. The van der Waals surface area contributed by atoms with Crippen molar-refractivity contribution < 1.29 is 14.4 Å². The summed E-state index contributed by atoms with van der Waals surface area (Å²) in [5, 5.41) is 0.422. The largest absolute Gasteiger partial charge is 0.298 e. The number of carbonyl (C=O) groups is 3. The smallest absolute Gasteiger partial charge is 0.182 e. The molecule has 1 unspecified atom stereocenters. The fraction of sp³-hybridized carbons (Fsp3) is 0.471. The third kappa shape index (κ3) is 3.24. The van der Waals surface area contributed by atoms with Crippen LogP contribution in [0.3, 0.4) is 0 Å². The highest BCUT2D eigenvalue weighted by Crippen LogP contribution is 2.46. The van der Waals surface area contributed by atoms with Gasteiger partial charge in [-0.05, 0) is 36.3 Å². The van der Waals surface area contributed by atoms with E-state index in [0.29, 0.717) is 34.4 Å². The van der Waals surface area contributed by atoms with Gasteiger partial charge in [-0.2, -0.15) is 0 Å². The first kappa shape index (κ1) is 17.1. The lowest BCUT2D eigenvalue weighted by Crippen LogP contribution is -2.35. The van der Waals surface area contributed by atoms with Gasteiger partial charge >= 0.3 is 0 Å². The Balaban J connectivity index is 1.90. The average Bonchev–Trinajstić information content (AvgIpc) is 2.91. The van der Waals surface area contributed by atoms with Crippen LogP contribution in [0.4, 0.5) is 0 Å². The van der Waals surface area contributed by atoms with Gasteiger partial charge in [-0.25, -0.2) is 0 Å². The third-order valence-corrected chi connectivity index (χ3v) is 7.27. The second-order valence-electron chi connectivity index (χ2n) is 5.69. The van der Waals surface area contributed by atoms with Crippen molar-refractivity contribution in [3.63, 3.8) is 0 Å². The van der Waals surface area contributed by atoms with Crippen molar-refractivity contribution in [1.29, 1.82) is 0 Å². The first-order valence-corrected chi connectivity index (χ1v) is 10.0. The predicted molar refractivity (Wildman–Crippen MR) is 94.6 cm³/mol. The lowest BCUT2D eigenvalue weighted by Gasteiger charge is -2.19. The van der Waals surface area contributed by atoms with E-state index in [4.69, 9.17) is 11.6 Å². The van der Waals surface area contributed by atoms with Gasteiger partial charge in [0.25, 0.3) is 0 Å². The number of Topliss-reactive ketones (excluding diaryl/α,β-unsaturated/α-hetero) is 3. The van der Waals surface area contributed by atoms with Gasteiger partial charge in [0.1, 0.15) is 5.92 Å². The Labute approximate surface area is 148 Å². The summed E-state index contributed by atoms with van der Waals surface area (Å²) in [5.41, 5.74) is 1.30. The van der Waals surface area contributed by atoms with E-state index in [1.807, 2.05) is 17.8 Å². The number of halogens is 1. The zero-order valence-electron chi connectivity index (χ0n) is 12.8. The SMILES string of the molecule is CCSC1Cc2c(ccc(C(=O)C3C(=O)CCCC3=O)c2Cl)S1. The highest BCUT2D eigenvalue weighted by atomic mass is 35.5. The van der Waals surface area contributed by atoms with E-state index in [0.717, 1.165) is 22.6 Å². The van der Waals surface area contributed by atoms with Gasteiger partial charge < -0.3 is 0 Å². The molecule has 1 fully saturated rings. The Morgan fingerprint density at radius 2 is 2.00 bits per heavy atom. The molecular formula is C17H17ClO3S2. The number of ketones is 3. The van der Waals surface area contributed by atoms with Gasteiger partial charge in [0.2, 0.25) is 0 Å². The predicted octanol–water partition coefficient (Wildman–Crippen LogP) is 4.19. The van der Waals surface area contributed by atoms with Crippen LogP contribution in [-0.2, 0) is 16.0 Å². The molecule has 1 aromatic carbocycles. The Bertz CT molecular complexity index is 671. The summed E-state index contributed by atoms with van der Waals surface area (Å²) in [7, 11) is 0. The molecule has 0 bridgehead atoms. The molecule has 1 heterocycles. The molecule has 0 saturated heterocycles. The highest BCUT2D eigenvalue weighted by molar-refractivity contribution is 8.17. The Kier molecular flexibility index (Phi) is 5.19. The molecule has 0 aromatic heterocycles. The lowest BCUT2D eigenvalue weighted by molar-refractivity contribution is -0.133. The Morgan fingerprint density at radius 3 is 2.65 bits per heavy atom. The van der Waals surface area contributed by atoms with Gasteiger partial charge in [-0.15, -0.1) is 23.5 Å².